The lowest BCUT2D eigenvalue weighted by atomic mass is 10.0. The fourth-order valence-corrected chi connectivity index (χ4v) is 4.97. The van der Waals surface area contributed by atoms with Crippen molar-refractivity contribution in [3.63, 3.8) is 0 Å². The van der Waals surface area contributed by atoms with E-state index in [9.17, 15) is 18.0 Å². The summed E-state index contributed by atoms with van der Waals surface area (Å²) in [5, 5.41) is 2.97. The van der Waals surface area contributed by atoms with Crippen molar-refractivity contribution >= 4 is 27.5 Å². The lowest BCUT2D eigenvalue weighted by molar-refractivity contribution is -0.140. The Labute approximate surface area is 231 Å². The van der Waals surface area contributed by atoms with Gasteiger partial charge >= 0.3 is 0 Å². The smallest absolute Gasteiger partial charge is 0.244 e. The van der Waals surface area contributed by atoms with Crippen LogP contribution in [0, 0.1) is 5.92 Å². The van der Waals surface area contributed by atoms with Crippen molar-refractivity contribution in [3.05, 3.63) is 96.1 Å². The van der Waals surface area contributed by atoms with Crippen LogP contribution >= 0.6 is 0 Å². The first kappa shape index (κ1) is 29.7. The number of benzene rings is 3. The molecular weight excluding hydrogens is 514 g/mol. The average molecular weight is 552 g/mol. The number of nitrogens with one attached hydrogen (secondary N) is 1. The van der Waals surface area contributed by atoms with Crippen LogP contribution in [0.4, 0.5) is 5.69 Å². The quantitative estimate of drug-likeness (QED) is 0.348. The maximum atomic E-state index is 14.0. The standard InChI is InChI=1S/C30H37N3O5S/c1-23(2)20-31-30(35)28(19-24-11-7-5-8-12-24)32(21-25-13-9-6-10-14-25)29(34)22-33(39(4,36)37)26-15-17-27(38-3)18-16-26/h5-18,23,28H,19-22H2,1-4H3,(H,31,35)/t28-/m0/s1. The molecule has 0 bridgehead atoms. The lowest BCUT2D eigenvalue weighted by Crippen LogP contribution is -2.53. The predicted octanol–water partition coefficient (Wildman–Crippen LogP) is 3.87. The fourth-order valence-electron chi connectivity index (χ4n) is 4.12. The minimum atomic E-state index is -3.82. The highest BCUT2D eigenvalue weighted by Gasteiger charge is 2.33. The Balaban J connectivity index is 2.01. The molecule has 0 spiro atoms. The van der Waals surface area contributed by atoms with E-state index in [4.69, 9.17) is 4.74 Å². The van der Waals surface area contributed by atoms with Crippen LogP contribution in [-0.4, -0.2) is 57.6 Å². The molecule has 208 valence electrons. The maximum Gasteiger partial charge on any atom is 0.244 e. The first-order valence-electron chi connectivity index (χ1n) is 12.8. The first-order chi connectivity index (χ1) is 18.6. The van der Waals surface area contributed by atoms with Crippen LogP contribution in [0.3, 0.4) is 0 Å². The number of hydrogen-bond donors (Lipinski definition) is 1. The van der Waals surface area contributed by atoms with Crippen molar-refractivity contribution in [1.82, 2.24) is 10.2 Å². The van der Waals surface area contributed by atoms with Crippen molar-refractivity contribution in [2.45, 2.75) is 32.9 Å². The van der Waals surface area contributed by atoms with E-state index in [1.165, 1.54) is 12.0 Å². The van der Waals surface area contributed by atoms with Gasteiger partial charge in [0.05, 0.1) is 19.1 Å². The number of hydrogen-bond acceptors (Lipinski definition) is 5. The molecule has 39 heavy (non-hydrogen) atoms. The lowest BCUT2D eigenvalue weighted by Gasteiger charge is -2.33. The van der Waals surface area contributed by atoms with Crippen molar-refractivity contribution in [2.24, 2.45) is 5.92 Å². The molecule has 2 amide bonds. The van der Waals surface area contributed by atoms with Crippen molar-refractivity contribution in [1.29, 1.82) is 0 Å². The summed E-state index contributed by atoms with van der Waals surface area (Å²) in [6.45, 7) is 4.14. The second kappa shape index (κ2) is 13.8. The first-order valence-corrected chi connectivity index (χ1v) is 14.7. The van der Waals surface area contributed by atoms with Crippen LogP contribution < -0.4 is 14.4 Å². The molecule has 0 aromatic heterocycles. The summed E-state index contributed by atoms with van der Waals surface area (Å²) in [6.07, 6.45) is 1.34. The van der Waals surface area contributed by atoms with Crippen LogP contribution in [0.1, 0.15) is 25.0 Å². The van der Waals surface area contributed by atoms with E-state index in [0.717, 1.165) is 21.7 Å². The zero-order valence-corrected chi connectivity index (χ0v) is 23.7. The van der Waals surface area contributed by atoms with E-state index in [1.54, 1.807) is 24.3 Å². The zero-order valence-electron chi connectivity index (χ0n) is 22.9. The maximum absolute atomic E-state index is 14.0. The number of ether oxygens (including phenoxy) is 1. The van der Waals surface area contributed by atoms with Crippen molar-refractivity contribution in [3.8, 4) is 5.75 Å². The second-order valence-electron chi connectivity index (χ2n) is 9.82. The van der Waals surface area contributed by atoms with Gasteiger partial charge in [-0.3, -0.25) is 13.9 Å². The van der Waals surface area contributed by atoms with Gasteiger partial charge < -0.3 is 15.0 Å². The van der Waals surface area contributed by atoms with Gasteiger partial charge in [0.2, 0.25) is 21.8 Å². The number of amides is 2. The number of rotatable bonds is 13. The molecule has 3 aromatic rings. The SMILES string of the molecule is COc1ccc(N(CC(=O)N(Cc2ccccc2)[C@@H](Cc2ccccc2)C(=O)NCC(C)C)S(C)(=O)=O)cc1. The number of nitrogens with zero attached hydrogens (tertiary/aromatic N) is 2. The zero-order chi connectivity index (χ0) is 28.4. The molecule has 0 fully saturated rings. The molecule has 0 aliphatic carbocycles. The van der Waals surface area contributed by atoms with Crippen LogP contribution in [-0.2, 0) is 32.6 Å². The molecular formula is C30H37N3O5S. The molecule has 3 rings (SSSR count). The van der Waals surface area contributed by atoms with E-state index in [0.29, 0.717) is 18.0 Å². The number of anilines is 1. The van der Waals surface area contributed by atoms with Gasteiger partial charge in [-0.25, -0.2) is 8.42 Å². The summed E-state index contributed by atoms with van der Waals surface area (Å²) in [6, 6.07) is 24.4. The Morgan fingerprint density at radius 3 is 1.95 bits per heavy atom. The Bertz CT molecular complexity index is 1310. The van der Waals surface area contributed by atoms with Gasteiger partial charge in [-0.15, -0.1) is 0 Å². The van der Waals surface area contributed by atoms with Crippen LogP contribution in [0.5, 0.6) is 5.75 Å². The monoisotopic (exact) mass is 551 g/mol. The molecule has 0 aliphatic rings. The molecule has 1 N–H and O–H groups in total. The largest absolute Gasteiger partial charge is 0.497 e. The van der Waals surface area contributed by atoms with E-state index in [2.05, 4.69) is 5.32 Å². The van der Waals surface area contributed by atoms with Crippen LogP contribution in [0.2, 0.25) is 0 Å². The minimum Gasteiger partial charge on any atom is -0.497 e. The third-order valence-corrected chi connectivity index (χ3v) is 7.33. The molecule has 8 nitrogen and oxygen atoms in total. The number of methoxy groups -OCH3 is 1. The molecule has 0 saturated carbocycles. The minimum absolute atomic E-state index is 0.145. The third-order valence-electron chi connectivity index (χ3n) is 6.19. The van der Waals surface area contributed by atoms with E-state index >= 15 is 0 Å². The summed E-state index contributed by atoms with van der Waals surface area (Å²) >= 11 is 0. The molecule has 1 atom stereocenters. The van der Waals surface area contributed by atoms with E-state index < -0.39 is 28.5 Å². The van der Waals surface area contributed by atoms with Crippen LogP contribution in [0.25, 0.3) is 0 Å². The normalized spacial score (nSPS) is 12.0. The summed E-state index contributed by atoms with van der Waals surface area (Å²) < 4.78 is 31.9. The number of carbonyl (C=O) groups is 2. The molecule has 0 saturated heterocycles. The van der Waals surface area contributed by atoms with Gasteiger partial charge in [0.15, 0.2) is 0 Å². The molecule has 0 aliphatic heterocycles. The Morgan fingerprint density at radius 1 is 0.872 bits per heavy atom. The van der Waals surface area contributed by atoms with Crippen molar-refractivity contribution in [2.75, 3.05) is 30.8 Å². The molecule has 0 heterocycles. The molecule has 0 radical (unpaired) electrons. The fraction of sp³-hybridized carbons (Fsp3) is 0.333. The third kappa shape index (κ3) is 8.85. The average Bonchev–Trinajstić information content (AvgIpc) is 2.92. The summed E-state index contributed by atoms with van der Waals surface area (Å²) in [5.41, 5.74) is 2.05. The highest BCUT2D eigenvalue weighted by molar-refractivity contribution is 7.92. The van der Waals surface area contributed by atoms with Crippen LogP contribution in [0.15, 0.2) is 84.9 Å². The summed E-state index contributed by atoms with van der Waals surface area (Å²) in [4.78, 5) is 29.0. The Kier molecular flexibility index (Phi) is 10.5. The predicted molar refractivity (Wildman–Crippen MR) is 154 cm³/mol. The Hall–Kier alpha value is -3.85. The Morgan fingerprint density at radius 2 is 1.44 bits per heavy atom. The summed E-state index contributed by atoms with van der Waals surface area (Å²) in [7, 11) is -2.30. The topological polar surface area (TPSA) is 96.0 Å². The number of carbonyl (C=O) groups excluding carboxylic acids is 2. The second-order valence-corrected chi connectivity index (χ2v) is 11.7. The van der Waals surface area contributed by atoms with E-state index in [-0.39, 0.29) is 24.8 Å². The van der Waals surface area contributed by atoms with Gasteiger partial charge in [0, 0.05) is 19.5 Å². The highest BCUT2D eigenvalue weighted by atomic mass is 32.2. The van der Waals surface area contributed by atoms with Gasteiger partial charge in [-0.2, -0.15) is 0 Å². The van der Waals surface area contributed by atoms with E-state index in [1.807, 2.05) is 74.5 Å². The van der Waals surface area contributed by atoms with Gasteiger partial charge in [0.25, 0.3) is 0 Å². The molecule has 9 heteroatoms. The molecule has 3 aromatic carbocycles. The van der Waals surface area contributed by atoms with Gasteiger partial charge in [-0.05, 0) is 41.3 Å². The summed E-state index contributed by atoms with van der Waals surface area (Å²) in [5.74, 6) is 0.0160. The van der Waals surface area contributed by atoms with Gasteiger partial charge in [0.1, 0.15) is 18.3 Å². The highest BCUT2D eigenvalue weighted by Crippen LogP contribution is 2.23. The number of sulfonamides is 1. The van der Waals surface area contributed by atoms with Crippen molar-refractivity contribution < 1.29 is 22.7 Å². The van der Waals surface area contributed by atoms with Gasteiger partial charge in [-0.1, -0.05) is 74.5 Å². The molecule has 0 unspecified atom stereocenters.